The molecule has 2 aromatic heterocycles. The number of benzene rings is 2. The van der Waals surface area contributed by atoms with Crippen LogP contribution < -0.4 is 16.0 Å². The molecule has 0 aliphatic carbocycles. The molecule has 4 rings (SSSR count). The number of aromatic nitrogens is 1. The minimum Gasteiger partial charge on any atom is -0.457 e. The highest BCUT2D eigenvalue weighted by atomic mass is 32.1. The Balaban J connectivity index is 1.27. The molecule has 2 heterocycles. The first-order valence-corrected chi connectivity index (χ1v) is 10.2. The van der Waals surface area contributed by atoms with Crippen LogP contribution in [-0.4, -0.2) is 16.9 Å². The van der Waals surface area contributed by atoms with Crippen molar-refractivity contribution in [2.45, 2.75) is 20.0 Å². The average molecular weight is 420 g/mol. The maximum absolute atomic E-state index is 12.1. The molecule has 0 aliphatic heterocycles. The molecule has 0 aliphatic rings. The molecule has 2 aromatic carbocycles. The number of furan rings is 1. The molecule has 0 saturated heterocycles. The number of para-hydroxylation sites is 1. The molecular formula is C22H20N4O3S. The first-order valence-electron chi connectivity index (χ1n) is 9.40. The average Bonchev–Trinajstić information content (AvgIpc) is 3.38. The van der Waals surface area contributed by atoms with Gasteiger partial charge in [-0.15, -0.1) is 11.3 Å². The standard InChI is InChI=1S/C22H20N4O3S/c1-14(27)25-16-8-6-15(7-9-16)12-23-22(28)24-13-17-10-11-19(29-17)21-26-18-4-2-3-5-20(18)30-21/h2-11H,12-13H2,1H3,(H,25,27)(H2,23,24,28). The SMILES string of the molecule is CC(=O)Nc1ccc(CNC(=O)NCc2ccc(-c3nc4ccccc4s3)o2)cc1. The van der Waals surface area contributed by atoms with E-state index in [0.29, 0.717) is 18.1 Å². The molecule has 4 aromatic rings. The van der Waals surface area contributed by atoms with E-state index in [2.05, 4.69) is 20.9 Å². The zero-order chi connectivity index (χ0) is 20.9. The Labute approximate surface area is 177 Å². The van der Waals surface area contributed by atoms with Crippen LogP contribution in [0.4, 0.5) is 10.5 Å². The van der Waals surface area contributed by atoms with Gasteiger partial charge in [0, 0.05) is 19.2 Å². The summed E-state index contributed by atoms with van der Waals surface area (Å²) in [6, 6.07) is 18.6. The summed E-state index contributed by atoms with van der Waals surface area (Å²) in [5.41, 5.74) is 2.59. The predicted octanol–water partition coefficient (Wildman–Crippen LogP) is 4.51. The van der Waals surface area contributed by atoms with Gasteiger partial charge in [0.25, 0.3) is 0 Å². The fourth-order valence-electron chi connectivity index (χ4n) is 2.89. The zero-order valence-electron chi connectivity index (χ0n) is 16.3. The third kappa shape index (κ3) is 4.84. The van der Waals surface area contributed by atoms with E-state index >= 15 is 0 Å². The number of hydrogen-bond acceptors (Lipinski definition) is 5. The number of anilines is 1. The van der Waals surface area contributed by atoms with Gasteiger partial charge in [-0.1, -0.05) is 24.3 Å². The summed E-state index contributed by atoms with van der Waals surface area (Å²) >= 11 is 1.57. The van der Waals surface area contributed by atoms with Crippen LogP contribution in [0, 0.1) is 0 Å². The number of hydrogen-bond donors (Lipinski definition) is 3. The topological polar surface area (TPSA) is 96.3 Å². The number of nitrogens with one attached hydrogen (secondary N) is 3. The van der Waals surface area contributed by atoms with Gasteiger partial charge in [-0.3, -0.25) is 4.79 Å². The van der Waals surface area contributed by atoms with Gasteiger partial charge in [0.1, 0.15) is 5.76 Å². The number of rotatable bonds is 6. The van der Waals surface area contributed by atoms with Crippen molar-refractivity contribution >= 4 is 39.2 Å². The first-order chi connectivity index (χ1) is 14.6. The van der Waals surface area contributed by atoms with Crippen LogP contribution in [-0.2, 0) is 17.9 Å². The number of urea groups is 1. The molecule has 0 unspecified atom stereocenters. The largest absolute Gasteiger partial charge is 0.457 e. The molecule has 0 atom stereocenters. The van der Waals surface area contributed by atoms with Gasteiger partial charge in [-0.05, 0) is 42.0 Å². The molecule has 0 spiro atoms. The third-order valence-electron chi connectivity index (χ3n) is 4.32. The summed E-state index contributed by atoms with van der Waals surface area (Å²) < 4.78 is 6.93. The van der Waals surface area contributed by atoms with Crippen molar-refractivity contribution in [3.63, 3.8) is 0 Å². The fraction of sp³-hybridized carbons (Fsp3) is 0.136. The van der Waals surface area contributed by atoms with Crippen LogP contribution in [0.25, 0.3) is 21.0 Å². The highest BCUT2D eigenvalue weighted by Crippen LogP contribution is 2.31. The molecule has 0 fully saturated rings. The second kappa shape index (κ2) is 8.79. The van der Waals surface area contributed by atoms with Crippen molar-refractivity contribution in [3.8, 4) is 10.8 Å². The summed E-state index contributed by atoms with van der Waals surface area (Å²) in [7, 11) is 0. The van der Waals surface area contributed by atoms with Crippen LogP contribution in [0.2, 0.25) is 0 Å². The Bertz CT molecular complexity index is 1150. The smallest absolute Gasteiger partial charge is 0.315 e. The van der Waals surface area contributed by atoms with E-state index in [1.54, 1.807) is 23.5 Å². The van der Waals surface area contributed by atoms with Crippen LogP contribution in [0.1, 0.15) is 18.2 Å². The Kier molecular flexibility index (Phi) is 5.76. The number of carbonyl (C=O) groups excluding carboxylic acids is 2. The molecule has 8 heteroatoms. The van der Waals surface area contributed by atoms with Gasteiger partial charge in [0.2, 0.25) is 5.91 Å². The molecule has 3 amide bonds. The number of nitrogens with zero attached hydrogens (tertiary/aromatic N) is 1. The second-order valence-electron chi connectivity index (χ2n) is 6.67. The number of carbonyl (C=O) groups is 2. The summed E-state index contributed by atoms with van der Waals surface area (Å²) in [6.45, 7) is 2.11. The van der Waals surface area contributed by atoms with Gasteiger partial charge in [-0.2, -0.15) is 0 Å². The van der Waals surface area contributed by atoms with Gasteiger partial charge >= 0.3 is 6.03 Å². The fourth-order valence-corrected chi connectivity index (χ4v) is 3.81. The molecule has 30 heavy (non-hydrogen) atoms. The lowest BCUT2D eigenvalue weighted by Gasteiger charge is -2.08. The normalized spacial score (nSPS) is 10.7. The minimum atomic E-state index is -0.293. The maximum atomic E-state index is 12.1. The molecule has 0 bridgehead atoms. The highest BCUT2D eigenvalue weighted by molar-refractivity contribution is 7.21. The number of amides is 3. The van der Waals surface area contributed by atoms with Crippen molar-refractivity contribution < 1.29 is 14.0 Å². The van der Waals surface area contributed by atoms with Gasteiger partial charge < -0.3 is 20.4 Å². The lowest BCUT2D eigenvalue weighted by Crippen LogP contribution is -2.34. The predicted molar refractivity (Wildman–Crippen MR) is 117 cm³/mol. The van der Waals surface area contributed by atoms with E-state index in [1.165, 1.54) is 6.92 Å². The van der Waals surface area contributed by atoms with Crippen molar-refractivity contribution in [1.82, 2.24) is 15.6 Å². The number of thiazole rings is 1. The van der Waals surface area contributed by atoms with Gasteiger partial charge in [0.05, 0.1) is 16.8 Å². The Morgan fingerprint density at radius 3 is 2.50 bits per heavy atom. The van der Waals surface area contributed by atoms with Gasteiger partial charge in [-0.25, -0.2) is 9.78 Å². The maximum Gasteiger partial charge on any atom is 0.315 e. The lowest BCUT2D eigenvalue weighted by molar-refractivity contribution is -0.114. The quantitative estimate of drug-likeness (QED) is 0.427. The molecule has 0 radical (unpaired) electrons. The third-order valence-corrected chi connectivity index (χ3v) is 5.37. The van der Waals surface area contributed by atoms with E-state index in [0.717, 1.165) is 26.5 Å². The van der Waals surface area contributed by atoms with Crippen molar-refractivity contribution in [2.24, 2.45) is 0 Å². The van der Waals surface area contributed by atoms with Crippen molar-refractivity contribution in [2.75, 3.05) is 5.32 Å². The Morgan fingerprint density at radius 2 is 1.73 bits per heavy atom. The lowest BCUT2D eigenvalue weighted by atomic mass is 10.2. The van der Waals surface area contributed by atoms with E-state index in [4.69, 9.17) is 4.42 Å². The van der Waals surface area contributed by atoms with Crippen molar-refractivity contribution in [3.05, 3.63) is 72.0 Å². The monoisotopic (exact) mass is 420 g/mol. The van der Waals surface area contributed by atoms with E-state index in [-0.39, 0.29) is 18.5 Å². The summed E-state index contributed by atoms with van der Waals surface area (Å²) in [4.78, 5) is 27.7. The van der Waals surface area contributed by atoms with Gasteiger partial charge in [0.15, 0.2) is 10.8 Å². The van der Waals surface area contributed by atoms with Crippen LogP contribution in [0.15, 0.2) is 65.1 Å². The molecule has 3 N–H and O–H groups in total. The molecule has 7 nitrogen and oxygen atoms in total. The van der Waals surface area contributed by atoms with E-state index < -0.39 is 0 Å². The Hall–Kier alpha value is -3.65. The molecular weight excluding hydrogens is 400 g/mol. The van der Waals surface area contributed by atoms with Crippen LogP contribution >= 0.6 is 11.3 Å². The Morgan fingerprint density at radius 1 is 0.967 bits per heavy atom. The summed E-state index contributed by atoms with van der Waals surface area (Å²) in [6.07, 6.45) is 0. The van der Waals surface area contributed by atoms with Crippen molar-refractivity contribution in [1.29, 1.82) is 0 Å². The summed E-state index contributed by atoms with van der Waals surface area (Å²) in [5, 5.41) is 9.09. The molecule has 0 saturated carbocycles. The van der Waals surface area contributed by atoms with E-state index in [1.807, 2.05) is 48.5 Å². The zero-order valence-corrected chi connectivity index (χ0v) is 17.1. The number of fused-ring (bicyclic) bond motifs is 1. The second-order valence-corrected chi connectivity index (χ2v) is 7.70. The minimum absolute atomic E-state index is 0.121. The van der Waals surface area contributed by atoms with E-state index in [9.17, 15) is 9.59 Å². The highest BCUT2D eigenvalue weighted by Gasteiger charge is 2.11. The van der Waals surface area contributed by atoms with Crippen LogP contribution in [0.3, 0.4) is 0 Å². The summed E-state index contributed by atoms with van der Waals surface area (Å²) in [5.74, 6) is 1.22. The van der Waals surface area contributed by atoms with Crippen LogP contribution in [0.5, 0.6) is 0 Å². The first kappa shape index (κ1) is 19.7. The molecule has 152 valence electrons.